The van der Waals surface area contributed by atoms with E-state index >= 15 is 0 Å². The molecule has 1 aliphatic heterocycles. The SMILES string of the molecule is CCC1C[C@]12C[C@@H](C(=O)C(C)(C)C)N(C(C)(C)C)C2. The Bertz CT molecular complexity index is 374. The van der Waals surface area contributed by atoms with Crippen LogP contribution in [-0.4, -0.2) is 28.8 Å². The Morgan fingerprint density at radius 2 is 1.74 bits per heavy atom. The van der Waals surface area contributed by atoms with Gasteiger partial charge < -0.3 is 0 Å². The summed E-state index contributed by atoms with van der Waals surface area (Å²) in [4.78, 5) is 15.3. The zero-order valence-electron chi connectivity index (χ0n) is 13.8. The largest absolute Gasteiger partial charge is 0.297 e. The average Bonchev–Trinajstić information content (AvgIpc) is 2.75. The van der Waals surface area contributed by atoms with Gasteiger partial charge in [-0.2, -0.15) is 0 Å². The van der Waals surface area contributed by atoms with E-state index in [1.54, 1.807) is 0 Å². The fourth-order valence-corrected chi connectivity index (χ4v) is 3.90. The van der Waals surface area contributed by atoms with Gasteiger partial charge in [-0.15, -0.1) is 0 Å². The first-order chi connectivity index (χ1) is 8.51. The summed E-state index contributed by atoms with van der Waals surface area (Å²) >= 11 is 0. The molecule has 0 bridgehead atoms. The van der Waals surface area contributed by atoms with Crippen LogP contribution in [-0.2, 0) is 4.79 Å². The summed E-state index contributed by atoms with van der Waals surface area (Å²) < 4.78 is 0. The van der Waals surface area contributed by atoms with Crippen LogP contribution in [0, 0.1) is 16.7 Å². The highest BCUT2D eigenvalue weighted by molar-refractivity contribution is 5.89. The maximum absolute atomic E-state index is 12.8. The van der Waals surface area contributed by atoms with Crippen LogP contribution in [0.4, 0.5) is 0 Å². The lowest BCUT2D eigenvalue weighted by atomic mass is 9.83. The summed E-state index contributed by atoms with van der Waals surface area (Å²) in [5.74, 6) is 1.29. The standard InChI is InChI=1S/C17H31NO/c1-8-12-9-17(12)10-13(14(19)15(2,3)4)18(11-17)16(5,6)7/h12-13H,8-11H2,1-7H3/t12?,13-,17+/m0/s1. The van der Waals surface area contributed by atoms with Gasteiger partial charge in [-0.3, -0.25) is 9.69 Å². The van der Waals surface area contributed by atoms with Crippen molar-refractivity contribution in [2.75, 3.05) is 6.54 Å². The van der Waals surface area contributed by atoms with Crippen molar-refractivity contribution < 1.29 is 4.79 Å². The molecule has 3 atom stereocenters. The third-order valence-electron chi connectivity index (χ3n) is 5.22. The van der Waals surface area contributed by atoms with Gasteiger partial charge in [-0.25, -0.2) is 0 Å². The van der Waals surface area contributed by atoms with Crippen LogP contribution in [0.2, 0.25) is 0 Å². The maximum Gasteiger partial charge on any atom is 0.155 e. The summed E-state index contributed by atoms with van der Waals surface area (Å²) in [5, 5.41) is 0. The van der Waals surface area contributed by atoms with E-state index in [1.807, 2.05) is 0 Å². The number of carbonyl (C=O) groups excluding carboxylic acids is 1. The summed E-state index contributed by atoms with van der Waals surface area (Å²) in [6.07, 6.45) is 3.71. The van der Waals surface area contributed by atoms with E-state index in [1.165, 1.54) is 12.8 Å². The van der Waals surface area contributed by atoms with Crippen LogP contribution in [0.25, 0.3) is 0 Å². The van der Waals surface area contributed by atoms with Crippen LogP contribution in [0.5, 0.6) is 0 Å². The zero-order valence-corrected chi connectivity index (χ0v) is 13.8. The summed E-state index contributed by atoms with van der Waals surface area (Å²) in [5.41, 5.74) is 0.333. The molecule has 0 radical (unpaired) electrons. The van der Waals surface area contributed by atoms with Gasteiger partial charge in [-0.05, 0) is 44.9 Å². The lowest BCUT2D eigenvalue weighted by Gasteiger charge is -2.38. The number of likely N-dealkylation sites (tertiary alicyclic amines) is 1. The van der Waals surface area contributed by atoms with E-state index < -0.39 is 0 Å². The smallest absolute Gasteiger partial charge is 0.155 e. The Kier molecular flexibility index (Phi) is 3.41. The molecule has 0 N–H and O–H groups in total. The van der Waals surface area contributed by atoms with Gasteiger partial charge in [-0.1, -0.05) is 34.1 Å². The lowest BCUT2D eigenvalue weighted by molar-refractivity contribution is -0.132. The number of carbonyl (C=O) groups is 1. The zero-order chi connectivity index (χ0) is 14.6. The van der Waals surface area contributed by atoms with Crippen LogP contribution in [0.1, 0.15) is 67.7 Å². The molecule has 1 spiro atoms. The molecule has 2 nitrogen and oxygen atoms in total. The third kappa shape index (κ3) is 2.61. The van der Waals surface area contributed by atoms with E-state index in [-0.39, 0.29) is 17.0 Å². The monoisotopic (exact) mass is 265 g/mol. The van der Waals surface area contributed by atoms with E-state index in [0.29, 0.717) is 11.2 Å². The number of rotatable bonds is 2. The molecule has 1 aliphatic carbocycles. The summed E-state index contributed by atoms with van der Waals surface area (Å²) in [6, 6.07) is 0.136. The minimum atomic E-state index is -0.226. The van der Waals surface area contributed by atoms with E-state index in [0.717, 1.165) is 18.9 Å². The first kappa shape index (κ1) is 15.0. The van der Waals surface area contributed by atoms with E-state index in [9.17, 15) is 4.79 Å². The van der Waals surface area contributed by atoms with E-state index in [4.69, 9.17) is 0 Å². The van der Waals surface area contributed by atoms with Gasteiger partial charge in [0.15, 0.2) is 5.78 Å². The van der Waals surface area contributed by atoms with Gasteiger partial charge >= 0.3 is 0 Å². The van der Waals surface area contributed by atoms with Gasteiger partial charge in [0.25, 0.3) is 0 Å². The topological polar surface area (TPSA) is 20.3 Å². The predicted molar refractivity (Wildman–Crippen MR) is 80.2 cm³/mol. The van der Waals surface area contributed by atoms with Crippen molar-refractivity contribution in [2.45, 2.75) is 79.3 Å². The van der Waals surface area contributed by atoms with Gasteiger partial charge in [0.1, 0.15) is 0 Å². The van der Waals surface area contributed by atoms with Crippen LogP contribution >= 0.6 is 0 Å². The van der Waals surface area contributed by atoms with Crippen molar-refractivity contribution in [3.05, 3.63) is 0 Å². The molecule has 110 valence electrons. The van der Waals surface area contributed by atoms with Crippen LogP contribution < -0.4 is 0 Å². The minimum absolute atomic E-state index is 0.0932. The Morgan fingerprint density at radius 3 is 2.11 bits per heavy atom. The highest BCUT2D eigenvalue weighted by atomic mass is 16.1. The molecule has 2 aliphatic rings. The first-order valence-corrected chi connectivity index (χ1v) is 7.82. The summed E-state index contributed by atoms with van der Waals surface area (Å²) in [6.45, 7) is 16.3. The summed E-state index contributed by atoms with van der Waals surface area (Å²) in [7, 11) is 0. The van der Waals surface area contributed by atoms with Crippen LogP contribution in [0.15, 0.2) is 0 Å². The highest BCUT2D eigenvalue weighted by Crippen LogP contribution is 2.62. The normalized spacial score (nSPS) is 35.9. The van der Waals surface area contributed by atoms with Crippen molar-refractivity contribution in [3.63, 3.8) is 0 Å². The molecule has 2 heteroatoms. The quantitative estimate of drug-likeness (QED) is 0.755. The van der Waals surface area contributed by atoms with Crippen LogP contribution in [0.3, 0.4) is 0 Å². The predicted octanol–water partition coefficient (Wildman–Crippen LogP) is 3.89. The molecule has 19 heavy (non-hydrogen) atoms. The van der Waals surface area contributed by atoms with Crippen molar-refractivity contribution >= 4 is 5.78 Å². The van der Waals surface area contributed by atoms with Gasteiger partial charge in [0.2, 0.25) is 0 Å². The highest BCUT2D eigenvalue weighted by Gasteiger charge is 2.62. The van der Waals surface area contributed by atoms with Crippen molar-refractivity contribution in [1.82, 2.24) is 4.90 Å². The Balaban J connectivity index is 2.23. The number of hydrogen-bond acceptors (Lipinski definition) is 2. The van der Waals surface area contributed by atoms with Gasteiger partial charge in [0.05, 0.1) is 6.04 Å². The molecule has 0 aromatic rings. The molecule has 1 saturated heterocycles. The number of nitrogens with zero attached hydrogens (tertiary/aromatic N) is 1. The number of ketones is 1. The molecule has 0 amide bonds. The second-order valence-corrected chi connectivity index (χ2v) is 8.80. The second kappa shape index (κ2) is 4.31. The molecular weight excluding hydrogens is 234 g/mol. The first-order valence-electron chi connectivity index (χ1n) is 7.82. The van der Waals surface area contributed by atoms with Gasteiger partial charge in [0, 0.05) is 17.5 Å². The molecular formula is C17H31NO. The minimum Gasteiger partial charge on any atom is -0.297 e. The molecule has 1 unspecified atom stereocenters. The third-order valence-corrected chi connectivity index (χ3v) is 5.22. The number of hydrogen-bond donors (Lipinski definition) is 0. The molecule has 0 aromatic heterocycles. The maximum atomic E-state index is 12.8. The van der Waals surface area contributed by atoms with Crippen molar-refractivity contribution in [3.8, 4) is 0 Å². The molecule has 2 fully saturated rings. The van der Waals surface area contributed by atoms with Crippen molar-refractivity contribution in [1.29, 1.82) is 0 Å². The second-order valence-electron chi connectivity index (χ2n) is 8.80. The molecule has 1 saturated carbocycles. The number of Topliss-reactive ketones (excluding diaryl/α,β-unsaturated/α-hetero) is 1. The Hall–Kier alpha value is -0.370. The fraction of sp³-hybridized carbons (Fsp3) is 0.941. The van der Waals surface area contributed by atoms with E-state index in [2.05, 4.69) is 53.4 Å². The molecule has 1 heterocycles. The fourth-order valence-electron chi connectivity index (χ4n) is 3.90. The lowest BCUT2D eigenvalue weighted by Crippen LogP contribution is -2.50. The average molecular weight is 265 g/mol. The molecule has 0 aromatic carbocycles. The Labute approximate surface area is 118 Å². The Morgan fingerprint density at radius 1 is 1.16 bits per heavy atom. The molecule has 2 rings (SSSR count). The van der Waals surface area contributed by atoms with Crippen molar-refractivity contribution in [2.24, 2.45) is 16.7 Å².